The van der Waals surface area contributed by atoms with Crippen LogP contribution in [0, 0.1) is 5.82 Å². The molecule has 0 bridgehead atoms. The highest BCUT2D eigenvalue weighted by atomic mass is 35.5. The molecule has 0 aliphatic heterocycles. The first kappa shape index (κ1) is 15.1. The lowest BCUT2D eigenvalue weighted by molar-refractivity contribution is 0.0466. The van der Waals surface area contributed by atoms with Crippen molar-refractivity contribution in [2.24, 2.45) is 0 Å². The first-order chi connectivity index (χ1) is 10.0. The highest BCUT2D eigenvalue weighted by molar-refractivity contribution is 6.30. The van der Waals surface area contributed by atoms with Crippen LogP contribution in [0.4, 0.5) is 10.1 Å². The van der Waals surface area contributed by atoms with Gasteiger partial charge in [0.25, 0.3) is 0 Å². The highest BCUT2D eigenvalue weighted by Crippen LogP contribution is 2.25. The van der Waals surface area contributed by atoms with E-state index in [-0.39, 0.29) is 23.4 Å². The number of rotatable bonds is 4. The van der Waals surface area contributed by atoms with Crippen molar-refractivity contribution >= 4 is 23.3 Å². The summed E-state index contributed by atoms with van der Waals surface area (Å²) in [7, 11) is 1.42. The van der Waals surface area contributed by atoms with Crippen molar-refractivity contribution in [2.45, 2.75) is 6.61 Å². The molecule has 0 atom stereocenters. The second-order valence-electron chi connectivity index (χ2n) is 4.24. The standard InChI is InChI=1S/C15H13ClFNO3/c1-20-13-4-2-3-12(18)14(13)15(19)21-8-9-7-10(16)5-6-11(9)17/h2-7H,8,18H2,1H3. The molecule has 2 aromatic rings. The van der Waals surface area contributed by atoms with E-state index in [1.54, 1.807) is 18.2 Å². The molecule has 0 unspecified atom stereocenters. The Morgan fingerprint density at radius 1 is 1.33 bits per heavy atom. The summed E-state index contributed by atoms with van der Waals surface area (Å²) in [6.07, 6.45) is 0. The third-order valence-electron chi connectivity index (χ3n) is 2.85. The Hall–Kier alpha value is -2.27. The van der Waals surface area contributed by atoms with Crippen molar-refractivity contribution in [2.75, 3.05) is 12.8 Å². The van der Waals surface area contributed by atoms with Gasteiger partial charge in [-0.3, -0.25) is 0 Å². The molecule has 2 rings (SSSR count). The summed E-state index contributed by atoms with van der Waals surface area (Å²) in [5.74, 6) is -0.893. The minimum Gasteiger partial charge on any atom is -0.496 e. The number of carbonyl (C=O) groups excluding carboxylic acids is 1. The molecular weight excluding hydrogens is 297 g/mol. The topological polar surface area (TPSA) is 61.5 Å². The van der Waals surface area contributed by atoms with E-state index in [1.807, 2.05) is 0 Å². The smallest absolute Gasteiger partial charge is 0.344 e. The number of esters is 1. The average Bonchev–Trinajstić information content (AvgIpc) is 2.47. The minimum absolute atomic E-state index is 0.113. The van der Waals surface area contributed by atoms with Crippen LogP contribution in [0.5, 0.6) is 5.75 Å². The predicted octanol–water partition coefficient (Wildman–Crippen LogP) is 3.43. The lowest BCUT2D eigenvalue weighted by Crippen LogP contribution is -2.10. The van der Waals surface area contributed by atoms with Crippen LogP contribution >= 0.6 is 11.6 Å². The normalized spacial score (nSPS) is 10.2. The van der Waals surface area contributed by atoms with Gasteiger partial charge in [-0.15, -0.1) is 0 Å². The summed E-state index contributed by atoms with van der Waals surface area (Å²) in [5, 5.41) is 0.360. The van der Waals surface area contributed by atoms with Gasteiger partial charge in [0, 0.05) is 16.3 Å². The van der Waals surface area contributed by atoms with E-state index in [0.29, 0.717) is 10.8 Å². The lowest BCUT2D eigenvalue weighted by atomic mass is 10.1. The molecular formula is C15H13ClFNO3. The van der Waals surface area contributed by atoms with E-state index in [1.165, 1.54) is 25.3 Å². The fourth-order valence-electron chi connectivity index (χ4n) is 1.81. The van der Waals surface area contributed by atoms with Crippen LogP contribution < -0.4 is 10.5 Å². The van der Waals surface area contributed by atoms with Gasteiger partial charge >= 0.3 is 5.97 Å². The van der Waals surface area contributed by atoms with Crippen molar-refractivity contribution in [1.82, 2.24) is 0 Å². The number of benzene rings is 2. The van der Waals surface area contributed by atoms with Crippen LogP contribution in [0.2, 0.25) is 5.02 Å². The number of carbonyl (C=O) groups is 1. The number of hydrogen-bond donors (Lipinski definition) is 1. The zero-order valence-corrected chi connectivity index (χ0v) is 12.0. The van der Waals surface area contributed by atoms with Gasteiger partial charge in [-0.2, -0.15) is 0 Å². The van der Waals surface area contributed by atoms with Crippen LogP contribution in [0.25, 0.3) is 0 Å². The van der Waals surface area contributed by atoms with Gasteiger partial charge in [0.05, 0.1) is 7.11 Å². The van der Waals surface area contributed by atoms with Gasteiger partial charge < -0.3 is 15.2 Å². The van der Waals surface area contributed by atoms with Crippen LogP contribution in [-0.2, 0) is 11.3 Å². The molecule has 0 aromatic heterocycles. The van der Waals surface area contributed by atoms with Gasteiger partial charge in [-0.25, -0.2) is 9.18 Å². The SMILES string of the molecule is COc1cccc(N)c1C(=O)OCc1cc(Cl)ccc1F. The van der Waals surface area contributed by atoms with Crippen molar-refractivity contribution in [1.29, 1.82) is 0 Å². The lowest BCUT2D eigenvalue weighted by Gasteiger charge is -2.11. The molecule has 0 fully saturated rings. The fourth-order valence-corrected chi connectivity index (χ4v) is 2.00. The molecule has 4 nitrogen and oxygen atoms in total. The summed E-state index contributed by atoms with van der Waals surface area (Å²) in [5.41, 5.74) is 6.27. The van der Waals surface area contributed by atoms with E-state index in [2.05, 4.69) is 0 Å². The Labute approximate surface area is 126 Å². The first-order valence-corrected chi connectivity index (χ1v) is 6.44. The average molecular weight is 310 g/mol. The number of methoxy groups -OCH3 is 1. The first-order valence-electron chi connectivity index (χ1n) is 6.06. The second-order valence-corrected chi connectivity index (χ2v) is 4.67. The number of halogens is 2. The highest BCUT2D eigenvalue weighted by Gasteiger charge is 2.18. The fraction of sp³-hybridized carbons (Fsp3) is 0.133. The van der Waals surface area contributed by atoms with Crippen LogP contribution in [-0.4, -0.2) is 13.1 Å². The Bertz CT molecular complexity index is 676. The number of nitrogen functional groups attached to an aromatic ring is 1. The molecule has 0 amide bonds. The van der Waals surface area contributed by atoms with Gasteiger partial charge in [-0.05, 0) is 30.3 Å². The third-order valence-corrected chi connectivity index (χ3v) is 3.08. The molecule has 0 radical (unpaired) electrons. The van der Waals surface area contributed by atoms with E-state index in [0.717, 1.165) is 0 Å². The van der Waals surface area contributed by atoms with Crippen molar-refractivity contribution < 1.29 is 18.7 Å². The molecule has 0 saturated heterocycles. The number of anilines is 1. The van der Waals surface area contributed by atoms with Crippen molar-refractivity contribution in [3.63, 3.8) is 0 Å². The molecule has 21 heavy (non-hydrogen) atoms. The molecule has 0 aliphatic rings. The van der Waals surface area contributed by atoms with E-state index in [4.69, 9.17) is 26.8 Å². The minimum atomic E-state index is -0.690. The maximum Gasteiger partial charge on any atom is 0.344 e. The summed E-state index contributed by atoms with van der Waals surface area (Å²) >= 11 is 5.77. The van der Waals surface area contributed by atoms with E-state index >= 15 is 0 Å². The summed E-state index contributed by atoms with van der Waals surface area (Å²) in [6.45, 7) is -0.247. The van der Waals surface area contributed by atoms with E-state index in [9.17, 15) is 9.18 Å². The molecule has 2 aromatic carbocycles. The summed E-state index contributed by atoms with van der Waals surface area (Å²) in [6, 6.07) is 8.83. The molecule has 6 heteroatoms. The van der Waals surface area contributed by atoms with Crippen molar-refractivity contribution in [3.8, 4) is 5.75 Å². The molecule has 0 spiro atoms. The van der Waals surface area contributed by atoms with Gasteiger partial charge in [-0.1, -0.05) is 17.7 Å². The van der Waals surface area contributed by atoms with Gasteiger partial charge in [0.1, 0.15) is 23.7 Å². The summed E-state index contributed by atoms with van der Waals surface area (Å²) in [4.78, 5) is 12.1. The quantitative estimate of drug-likeness (QED) is 0.694. The molecule has 0 saturated carbocycles. The zero-order valence-electron chi connectivity index (χ0n) is 11.2. The van der Waals surface area contributed by atoms with Crippen LogP contribution in [0.1, 0.15) is 15.9 Å². The van der Waals surface area contributed by atoms with Gasteiger partial charge in [0.2, 0.25) is 0 Å². The molecule has 2 N–H and O–H groups in total. The zero-order chi connectivity index (χ0) is 15.4. The van der Waals surface area contributed by atoms with Crippen LogP contribution in [0.15, 0.2) is 36.4 Å². The maximum absolute atomic E-state index is 13.5. The van der Waals surface area contributed by atoms with Crippen LogP contribution in [0.3, 0.4) is 0 Å². The molecule has 0 aliphatic carbocycles. The monoisotopic (exact) mass is 309 g/mol. The summed E-state index contributed by atoms with van der Waals surface area (Å²) < 4.78 is 23.7. The largest absolute Gasteiger partial charge is 0.496 e. The van der Waals surface area contributed by atoms with Gasteiger partial charge in [0.15, 0.2) is 0 Å². The second kappa shape index (κ2) is 6.45. The Kier molecular flexibility index (Phi) is 4.65. The third kappa shape index (κ3) is 3.44. The number of hydrogen-bond acceptors (Lipinski definition) is 4. The predicted molar refractivity (Wildman–Crippen MR) is 77.9 cm³/mol. The van der Waals surface area contributed by atoms with Crippen molar-refractivity contribution in [3.05, 3.63) is 58.4 Å². The maximum atomic E-state index is 13.5. The molecule has 110 valence electrons. The number of nitrogens with two attached hydrogens (primary N) is 1. The van der Waals surface area contributed by atoms with E-state index < -0.39 is 11.8 Å². The Morgan fingerprint density at radius 2 is 2.10 bits per heavy atom. The Morgan fingerprint density at radius 3 is 2.81 bits per heavy atom. The number of ether oxygens (including phenoxy) is 2. The molecule has 0 heterocycles. The Balaban J connectivity index is 2.17.